The lowest BCUT2D eigenvalue weighted by Gasteiger charge is -2.01. The number of aryl methyl sites for hydroxylation is 2. The molecule has 0 spiro atoms. The molecule has 0 saturated carbocycles. The van der Waals surface area contributed by atoms with Crippen LogP contribution in [-0.2, 0) is 23.6 Å². The van der Waals surface area contributed by atoms with E-state index in [1.54, 1.807) is 82.5 Å². The summed E-state index contributed by atoms with van der Waals surface area (Å²) in [6.45, 7) is 4.09. The summed E-state index contributed by atoms with van der Waals surface area (Å²) in [5, 5.41) is 26.3. The maximum atomic E-state index is 11.8. The zero-order valence-electron chi connectivity index (χ0n) is 21.8. The average Bonchev–Trinajstić information content (AvgIpc) is 3.48. The number of esters is 2. The molecule has 0 aliphatic rings. The van der Waals surface area contributed by atoms with E-state index < -0.39 is 11.9 Å². The predicted molar refractivity (Wildman–Crippen MR) is 144 cm³/mol. The maximum Gasteiger partial charge on any atom is 0.358 e. The molecule has 11 heteroatoms. The Hall–Kier alpha value is -4.93. The van der Waals surface area contributed by atoms with Gasteiger partial charge in [0.05, 0.1) is 42.2 Å². The second-order valence-corrected chi connectivity index (χ2v) is 8.37. The number of nitriles is 2. The van der Waals surface area contributed by atoms with E-state index >= 15 is 0 Å². The molecule has 0 N–H and O–H groups in total. The molecular formula is C28H25ClN6O4. The third-order valence-electron chi connectivity index (χ3n) is 5.42. The first-order valence-corrected chi connectivity index (χ1v) is 12.2. The zero-order valence-corrected chi connectivity index (χ0v) is 22.6. The van der Waals surface area contributed by atoms with Crippen molar-refractivity contribution in [3.63, 3.8) is 0 Å². The Kier molecular flexibility index (Phi) is 9.58. The van der Waals surface area contributed by atoms with Crippen molar-refractivity contribution in [3.8, 4) is 34.7 Å². The highest BCUT2D eigenvalue weighted by molar-refractivity contribution is 6.35. The van der Waals surface area contributed by atoms with Gasteiger partial charge in [-0.1, -0.05) is 35.9 Å². The molecule has 2 heterocycles. The number of hydrogen-bond acceptors (Lipinski definition) is 8. The van der Waals surface area contributed by atoms with E-state index in [2.05, 4.69) is 16.3 Å². The minimum atomic E-state index is -0.507. The van der Waals surface area contributed by atoms with Crippen molar-refractivity contribution in [2.75, 3.05) is 13.2 Å². The SMILES string of the molecule is CCOC(=O)c1c(Cl)c(-c2ccc(C#N)cc2)nn1C.CCOC(=O)c1cc(-c2ccc(C#N)cc2)nn1C. The largest absolute Gasteiger partial charge is 0.461 e. The van der Waals surface area contributed by atoms with Crippen LogP contribution in [0, 0.1) is 22.7 Å². The van der Waals surface area contributed by atoms with Crippen LogP contribution in [0.4, 0.5) is 0 Å². The van der Waals surface area contributed by atoms with Gasteiger partial charge in [-0.05, 0) is 44.2 Å². The number of benzene rings is 2. The van der Waals surface area contributed by atoms with Gasteiger partial charge in [0.1, 0.15) is 16.4 Å². The molecule has 0 saturated heterocycles. The van der Waals surface area contributed by atoms with Gasteiger partial charge < -0.3 is 9.47 Å². The van der Waals surface area contributed by atoms with Crippen molar-refractivity contribution in [2.45, 2.75) is 13.8 Å². The predicted octanol–water partition coefficient (Wildman–Crippen LogP) is 4.92. The first-order valence-electron chi connectivity index (χ1n) is 11.9. The molecule has 0 amide bonds. The zero-order chi connectivity index (χ0) is 28.5. The number of aromatic nitrogens is 4. The molecule has 4 aromatic rings. The molecule has 0 radical (unpaired) electrons. The molecule has 39 heavy (non-hydrogen) atoms. The van der Waals surface area contributed by atoms with Crippen molar-refractivity contribution in [3.05, 3.63) is 82.1 Å². The fourth-order valence-corrected chi connectivity index (χ4v) is 3.87. The van der Waals surface area contributed by atoms with Crippen LogP contribution >= 0.6 is 11.6 Å². The Bertz CT molecular complexity index is 1560. The smallest absolute Gasteiger partial charge is 0.358 e. The molecule has 0 atom stereocenters. The standard InChI is InChI=1S/C14H12ClN3O2.C14H13N3O2/c1-3-20-14(19)13-11(15)12(17-18(13)2)10-6-4-9(8-16)5-7-10;1-3-19-14(18)13-8-12(16-17(13)2)11-6-4-10(9-15)5-7-11/h4-7H,3H2,1-2H3;4-8H,3H2,1-2H3. The lowest BCUT2D eigenvalue weighted by Crippen LogP contribution is -2.10. The summed E-state index contributed by atoms with van der Waals surface area (Å²) in [6, 6.07) is 19.6. The number of ether oxygens (including phenoxy) is 2. The van der Waals surface area contributed by atoms with Crippen molar-refractivity contribution < 1.29 is 19.1 Å². The summed E-state index contributed by atoms with van der Waals surface area (Å²) in [6.07, 6.45) is 0. The van der Waals surface area contributed by atoms with Gasteiger partial charge in [-0.2, -0.15) is 20.7 Å². The highest BCUT2D eigenvalue weighted by Gasteiger charge is 2.22. The fraction of sp³-hybridized carbons (Fsp3) is 0.214. The minimum Gasteiger partial charge on any atom is -0.461 e. The number of carbonyl (C=O) groups excluding carboxylic acids is 2. The van der Waals surface area contributed by atoms with E-state index in [4.69, 9.17) is 31.6 Å². The number of carbonyl (C=O) groups is 2. The Morgan fingerprint density at radius 2 is 1.33 bits per heavy atom. The van der Waals surface area contributed by atoms with Crippen LogP contribution in [0.25, 0.3) is 22.5 Å². The highest BCUT2D eigenvalue weighted by atomic mass is 35.5. The Balaban J connectivity index is 0.000000216. The summed E-state index contributed by atoms with van der Waals surface area (Å²) in [4.78, 5) is 23.5. The molecule has 0 fully saturated rings. The van der Waals surface area contributed by atoms with Crippen LogP contribution in [0.1, 0.15) is 46.0 Å². The molecule has 4 rings (SSSR count). The highest BCUT2D eigenvalue weighted by Crippen LogP contribution is 2.30. The fourth-order valence-electron chi connectivity index (χ4n) is 3.53. The summed E-state index contributed by atoms with van der Waals surface area (Å²) in [5.74, 6) is -0.898. The summed E-state index contributed by atoms with van der Waals surface area (Å²) in [5.41, 5.74) is 4.51. The molecule has 0 aliphatic carbocycles. The van der Waals surface area contributed by atoms with Crippen LogP contribution in [0.15, 0.2) is 54.6 Å². The van der Waals surface area contributed by atoms with Gasteiger partial charge in [-0.25, -0.2) is 9.59 Å². The summed E-state index contributed by atoms with van der Waals surface area (Å²) < 4.78 is 12.8. The maximum absolute atomic E-state index is 11.8. The number of nitrogens with zero attached hydrogens (tertiary/aromatic N) is 6. The second-order valence-electron chi connectivity index (χ2n) is 7.99. The molecule has 0 bridgehead atoms. The van der Waals surface area contributed by atoms with Crippen LogP contribution in [-0.4, -0.2) is 44.7 Å². The normalized spacial score (nSPS) is 10.0. The van der Waals surface area contributed by atoms with Crippen molar-refractivity contribution in [2.24, 2.45) is 14.1 Å². The lowest BCUT2D eigenvalue weighted by atomic mass is 10.1. The first-order chi connectivity index (χ1) is 18.7. The minimum absolute atomic E-state index is 0.216. The topological polar surface area (TPSA) is 136 Å². The molecule has 198 valence electrons. The van der Waals surface area contributed by atoms with E-state index in [1.165, 1.54) is 9.36 Å². The van der Waals surface area contributed by atoms with Crippen LogP contribution < -0.4 is 0 Å². The third kappa shape index (κ3) is 6.69. The van der Waals surface area contributed by atoms with Crippen LogP contribution in [0.5, 0.6) is 0 Å². The molecule has 0 unspecified atom stereocenters. The van der Waals surface area contributed by atoms with Crippen molar-refractivity contribution in [1.82, 2.24) is 19.6 Å². The molecule has 10 nitrogen and oxygen atoms in total. The van der Waals surface area contributed by atoms with Gasteiger partial charge in [0, 0.05) is 25.2 Å². The van der Waals surface area contributed by atoms with Gasteiger partial charge in [0.2, 0.25) is 0 Å². The third-order valence-corrected chi connectivity index (χ3v) is 5.78. The molecular weight excluding hydrogens is 520 g/mol. The van der Waals surface area contributed by atoms with Crippen molar-refractivity contribution in [1.29, 1.82) is 10.5 Å². The lowest BCUT2D eigenvalue weighted by molar-refractivity contribution is 0.0504. The molecule has 0 aliphatic heterocycles. The van der Waals surface area contributed by atoms with Gasteiger partial charge in [-0.3, -0.25) is 9.36 Å². The number of rotatable bonds is 6. The molecule has 2 aromatic heterocycles. The van der Waals surface area contributed by atoms with E-state index in [1.807, 2.05) is 6.07 Å². The monoisotopic (exact) mass is 544 g/mol. The molecule has 2 aromatic carbocycles. The number of hydrogen-bond donors (Lipinski definition) is 0. The number of halogens is 1. The Morgan fingerprint density at radius 3 is 1.85 bits per heavy atom. The summed E-state index contributed by atoms with van der Waals surface area (Å²) in [7, 11) is 3.32. The Morgan fingerprint density at radius 1 is 0.821 bits per heavy atom. The van der Waals surface area contributed by atoms with Crippen molar-refractivity contribution >= 4 is 23.5 Å². The van der Waals surface area contributed by atoms with Gasteiger partial charge >= 0.3 is 11.9 Å². The van der Waals surface area contributed by atoms with E-state index in [-0.39, 0.29) is 17.3 Å². The van der Waals surface area contributed by atoms with E-state index in [0.717, 1.165) is 11.1 Å². The van der Waals surface area contributed by atoms with Gasteiger partial charge in [0.15, 0.2) is 5.69 Å². The first kappa shape index (κ1) is 28.6. The Labute approximate surface area is 230 Å². The van der Waals surface area contributed by atoms with Gasteiger partial charge in [-0.15, -0.1) is 0 Å². The quantitative estimate of drug-likeness (QED) is 0.312. The van der Waals surface area contributed by atoms with E-state index in [0.29, 0.717) is 34.8 Å². The average molecular weight is 545 g/mol. The van der Waals surface area contributed by atoms with Crippen LogP contribution in [0.3, 0.4) is 0 Å². The van der Waals surface area contributed by atoms with Crippen LogP contribution in [0.2, 0.25) is 5.02 Å². The second kappa shape index (κ2) is 13.0. The van der Waals surface area contributed by atoms with Gasteiger partial charge in [0.25, 0.3) is 0 Å². The van der Waals surface area contributed by atoms with E-state index in [9.17, 15) is 9.59 Å². The summed E-state index contributed by atoms with van der Waals surface area (Å²) >= 11 is 6.22.